The van der Waals surface area contributed by atoms with Crippen LogP contribution in [0.3, 0.4) is 0 Å². The van der Waals surface area contributed by atoms with E-state index >= 15 is 0 Å². The Morgan fingerprint density at radius 2 is 1.69 bits per heavy atom. The SMILES string of the molecule is O=C([O-])COc1cccc(C[C@H]2CCC=C2c2nc(-c3ccccc3)c(-c3ccccc3)o2)c1.[Na+]. The molecular weight excluding hydrogens is 449 g/mol. The number of rotatable bonds is 8. The number of nitrogens with zero attached hydrogens (tertiary/aromatic N) is 1. The predicted octanol–water partition coefficient (Wildman–Crippen LogP) is 2.18. The average Bonchev–Trinajstić information content (AvgIpc) is 3.51. The Morgan fingerprint density at radius 3 is 2.40 bits per heavy atom. The first-order chi connectivity index (χ1) is 16.7. The van der Waals surface area contributed by atoms with Gasteiger partial charge in [0.1, 0.15) is 18.1 Å². The second-order valence-corrected chi connectivity index (χ2v) is 8.37. The molecule has 1 heterocycles. The van der Waals surface area contributed by atoms with Gasteiger partial charge in [-0.1, -0.05) is 78.9 Å². The Morgan fingerprint density at radius 1 is 0.971 bits per heavy atom. The van der Waals surface area contributed by atoms with E-state index in [1.54, 1.807) is 6.07 Å². The molecule has 0 saturated heterocycles. The summed E-state index contributed by atoms with van der Waals surface area (Å²) in [7, 11) is 0. The maximum atomic E-state index is 10.7. The first-order valence-corrected chi connectivity index (χ1v) is 11.4. The number of hydrogen-bond donors (Lipinski definition) is 0. The second kappa shape index (κ2) is 11.5. The number of ether oxygens (including phenoxy) is 1. The summed E-state index contributed by atoms with van der Waals surface area (Å²) in [5.74, 6) is 0.968. The van der Waals surface area contributed by atoms with Crippen LogP contribution in [-0.2, 0) is 11.2 Å². The van der Waals surface area contributed by atoms with Gasteiger partial charge in [-0.15, -0.1) is 0 Å². The Hall–Kier alpha value is -3.12. The molecule has 4 aromatic rings. The molecule has 0 radical (unpaired) electrons. The van der Waals surface area contributed by atoms with Crippen molar-refractivity contribution >= 4 is 11.5 Å². The average molecular weight is 474 g/mol. The van der Waals surface area contributed by atoms with Gasteiger partial charge >= 0.3 is 29.6 Å². The molecule has 170 valence electrons. The summed E-state index contributed by atoms with van der Waals surface area (Å²) in [6, 6.07) is 27.7. The Bertz CT molecular complexity index is 1260. The van der Waals surface area contributed by atoms with E-state index in [1.165, 1.54) is 0 Å². The standard InChI is InChI=1S/C29H25NO4.Na/c31-26(32)19-33-24-15-7-9-20(18-24)17-23-14-8-16-25(23)29-30-27(21-10-3-1-4-11-21)28(34-29)22-12-5-2-6-13-22;/h1-7,9-13,15-16,18,23H,8,14,17,19H2,(H,31,32);/q;+1/p-1/t23-;/m1./s1. The molecule has 1 aliphatic rings. The summed E-state index contributed by atoms with van der Waals surface area (Å²) < 4.78 is 11.7. The van der Waals surface area contributed by atoms with Crippen LogP contribution in [0.25, 0.3) is 28.2 Å². The van der Waals surface area contributed by atoms with Crippen molar-refractivity contribution in [3.05, 3.63) is 102 Å². The van der Waals surface area contributed by atoms with Crippen LogP contribution in [0.4, 0.5) is 0 Å². The van der Waals surface area contributed by atoms with Crippen LogP contribution < -0.4 is 39.4 Å². The van der Waals surface area contributed by atoms with Gasteiger partial charge in [-0.3, -0.25) is 0 Å². The van der Waals surface area contributed by atoms with E-state index in [-0.39, 0.29) is 35.5 Å². The largest absolute Gasteiger partial charge is 1.00 e. The van der Waals surface area contributed by atoms with Crippen LogP contribution in [0.5, 0.6) is 5.75 Å². The molecule has 5 rings (SSSR count). The molecule has 1 aliphatic carbocycles. The van der Waals surface area contributed by atoms with Gasteiger partial charge < -0.3 is 19.1 Å². The fraction of sp³-hybridized carbons (Fsp3) is 0.172. The maximum Gasteiger partial charge on any atom is 1.00 e. The zero-order valence-corrected chi connectivity index (χ0v) is 21.6. The third-order valence-electron chi connectivity index (χ3n) is 6.01. The van der Waals surface area contributed by atoms with E-state index in [1.807, 2.05) is 78.9 Å². The van der Waals surface area contributed by atoms with Crippen molar-refractivity contribution < 1.29 is 48.6 Å². The molecular formula is C29H24NNaO4. The summed E-state index contributed by atoms with van der Waals surface area (Å²) in [6.07, 6.45) is 4.97. The Labute approximate surface area is 226 Å². The number of carbonyl (C=O) groups excluding carboxylic acids is 1. The summed E-state index contributed by atoms with van der Waals surface area (Å²) >= 11 is 0. The molecule has 0 unspecified atom stereocenters. The summed E-state index contributed by atoms with van der Waals surface area (Å²) in [4.78, 5) is 15.7. The number of benzene rings is 3. The minimum atomic E-state index is -1.24. The van der Waals surface area contributed by atoms with Gasteiger partial charge in [-0.05, 0) is 42.9 Å². The molecule has 3 aromatic carbocycles. The molecule has 0 saturated carbocycles. The smallest absolute Gasteiger partial charge is 0.546 e. The van der Waals surface area contributed by atoms with Gasteiger partial charge in [0.05, 0.1) is 5.97 Å². The van der Waals surface area contributed by atoms with E-state index in [0.717, 1.165) is 53.0 Å². The number of allylic oxidation sites excluding steroid dienone is 2. The van der Waals surface area contributed by atoms with Gasteiger partial charge in [-0.2, -0.15) is 0 Å². The van der Waals surface area contributed by atoms with E-state index in [0.29, 0.717) is 11.6 Å². The van der Waals surface area contributed by atoms with Gasteiger partial charge in [0.15, 0.2) is 5.76 Å². The number of hydrogen-bond acceptors (Lipinski definition) is 5. The Balaban J connectivity index is 0.00000289. The zero-order valence-electron chi connectivity index (χ0n) is 19.6. The molecule has 0 N–H and O–H groups in total. The van der Waals surface area contributed by atoms with Crippen molar-refractivity contribution in [2.45, 2.75) is 19.3 Å². The van der Waals surface area contributed by atoms with E-state index in [4.69, 9.17) is 14.1 Å². The monoisotopic (exact) mass is 473 g/mol. The van der Waals surface area contributed by atoms with Crippen LogP contribution in [0.1, 0.15) is 24.3 Å². The number of oxazole rings is 1. The number of carboxylic acid groups (broad SMARTS) is 1. The van der Waals surface area contributed by atoms with Crippen molar-refractivity contribution in [2.24, 2.45) is 5.92 Å². The molecule has 0 fully saturated rings. The molecule has 0 spiro atoms. The molecule has 1 aromatic heterocycles. The molecule has 0 bridgehead atoms. The van der Waals surface area contributed by atoms with Crippen molar-refractivity contribution in [2.75, 3.05) is 6.61 Å². The topological polar surface area (TPSA) is 75.4 Å². The fourth-order valence-electron chi connectivity index (χ4n) is 4.45. The van der Waals surface area contributed by atoms with Crippen LogP contribution in [0.15, 0.2) is 95.4 Å². The molecule has 5 nitrogen and oxygen atoms in total. The van der Waals surface area contributed by atoms with Crippen LogP contribution >= 0.6 is 0 Å². The molecule has 1 atom stereocenters. The third kappa shape index (κ3) is 5.93. The molecule has 0 amide bonds. The van der Waals surface area contributed by atoms with E-state index in [2.05, 4.69) is 6.08 Å². The van der Waals surface area contributed by atoms with Crippen molar-refractivity contribution in [1.82, 2.24) is 4.98 Å². The van der Waals surface area contributed by atoms with Crippen molar-refractivity contribution in [3.63, 3.8) is 0 Å². The van der Waals surface area contributed by atoms with Crippen molar-refractivity contribution in [3.8, 4) is 28.3 Å². The minimum Gasteiger partial charge on any atom is -0.546 e. The van der Waals surface area contributed by atoms with Crippen LogP contribution in [0.2, 0.25) is 0 Å². The quantitative estimate of drug-likeness (QED) is 0.367. The number of carboxylic acids is 1. The predicted molar refractivity (Wildman–Crippen MR) is 129 cm³/mol. The summed E-state index contributed by atoms with van der Waals surface area (Å²) in [5.41, 5.74) is 5.04. The Kier molecular flexibility index (Phi) is 8.24. The first-order valence-electron chi connectivity index (χ1n) is 11.4. The van der Waals surface area contributed by atoms with Gasteiger partial charge in [0, 0.05) is 16.7 Å². The molecule has 0 aliphatic heterocycles. The summed E-state index contributed by atoms with van der Waals surface area (Å²) in [5, 5.41) is 10.7. The van der Waals surface area contributed by atoms with Crippen molar-refractivity contribution in [1.29, 1.82) is 0 Å². The first kappa shape index (κ1) is 25.0. The van der Waals surface area contributed by atoms with Crippen LogP contribution in [-0.4, -0.2) is 17.6 Å². The number of carbonyl (C=O) groups is 1. The van der Waals surface area contributed by atoms with E-state index in [9.17, 15) is 9.90 Å². The zero-order chi connectivity index (χ0) is 23.3. The third-order valence-corrected chi connectivity index (χ3v) is 6.01. The maximum absolute atomic E-state index is 10.7. The van der Waals surface area contributed by atoms with Gasteiger partial charge in [0.2, 0.25) is 5.89 Å². The minimum absolute atomic E-state index is 0. The molecule has 6 heteroatoms. The summed E-state index contributed by atoms with van der Waals surface area (Å²) in [6.45, 7) is -0.459. The normalized spacial score (nSPS) is 14.7. The molecule has 35 heavy (non-hydrogen) atoms. The van der Waals surface area contributed by atoms with Gasteiger partial charge in [0.25, 0.3) is 0 Å². The van der Waals surface area contributed by atoms with Crippen LogP contribution in [0, 0.1) is 5.92 Å². The van der Waals surface area contributed by atoms with E-state index < -0.39 is 12.6 Å². The number of aliphatic carboxylic acids is 1. The second-order valence-electron chi connectivity index (χ2n) is 8.37. The number of aromatic nitrogens is 1. The fourth-order valence-corrected chi connectivity index (χ4v) is 4.45. The van der Waals surface area contributed by atoms with Gasteiger partial charge in [-0.25, -0.2) is 4.98 Å².